The van der Waals surface area contributed by atoms with Crippen LogP contribution in [-0.2, 0) is 15.7 Å². The maximum absolute atomic E-state index is 12.6. The van der Waals surface area contributed by atoms with Crippen molar-refractivity contribution in [1.29, 1.82) is 0 Å². The lowest BCUT2D eigenvalue weighted by Crippen LogP contribution is -2.47. The molecule has 1 heterocycles. The Morgan fingerprint density at radius 1 is 1.42 bits per heavy atom. The van der Waals surface area contributed by atoms with E-state index in [9.17, 15) is 18.0 Å². The van der Waals surface area contributed by atoms with Crippen LogP contribution in [0.2, 0.25) is 0 Å². The minimum absolute atomic E-state index is 0.0373. The highest BCUT2D eigenvalue weighted by Gasteiger charge is 2.36. The highest BCUT2D eigenvalue weighted by Crippen LogP contribution is 2.30. The van der Waals surface area contributed by atoms with Crippen LogP contribution in [-0.4, -0.2) is 49.7 Å². The lowest BCUT2D eigenvalue weighted by atomic mass is 10.0. The molecule has 0 aliphatic carbocycles. The number of alkyl halides is 3. The zero-order chi connectivity index (χ0) is 17.6. The van der Waals surface area contributed by atoms with Gasteiger partial charge in [0.2, 0.25) is 0 Å². The highest BCUT2D eigenvalue weighted by atomic mass is 19.4. The van der Waals surface area contributed by atoms with Gasteiger partial charge in [-0.15, -0.1) is 0 Å². The number of aliphatic hydroxyl groups excluding tert-OH is 1. The Morgan fingerprint density at radius 2 is 2.21 bits per heavy atom. The van der Waals surface area contributed by atoms with Crippen molar-refractivity contribution < 1.29 is 32.5 Å². The first-order valence-electron chi connectivity index (χ1n) is 7.39. The Balaban J connectivity index is 1.91. The highest BCUT2D eigenvalue weighted by molar-refractivity contribution is 5.89. The van der Waals surface area contributed by atoms with Gasteiger partial charge in [-0.25, -0.2) is 4.79 Å². The molecule has 0 aromatic heterocycles. The molecule has 134 valence electrons. The summed E-state index contributed by atoms with van der Waals surface area (Å²) in [6, 6.07) is 3.72. The molecule has 1 fully saturated rings. The van der Waals surface area contributed by atoms with Crippen molar-refractivity contribution in [3.8, 4) is 0 Å². The summed E-state index contributed by atoms with van der Waals surface area (Å²) in [4.78, 5) is 11.9. The van der Waals surface area contributed by atoms with E-state index in [1.807, 2.05) is 0 Å². The van der Waals surface area contributed by atoms with Gasteiger partial charge in [0.1, 0.15) is 5.60 Å². The van der Waals surface area contributed by atoms with Gasteiger partial charge < -0.3 is 25.2 Å². The summed E-state index contributed by atoms with van der Waals surface area (Å²) in [5, 5.41) is 13.8. The molecule has 1 aliphatic rings. The monoisotopic (exact) mass is 348 g/mol. The zero-order valence-electron chi connectivity index (χ0n) is 12.9. The van der Waals surface area contributed by atoms with Gasteiger partial charge in [0, 0.05) is 18.7 Å². The second kappa shape index (κ2) is 7.82. The van der Waals surface area contributed by atoms with Crippen LogP contribution in [0.15, 0.2) is 24.3 Å². The second-order valence-corrected chi connectivity index (χ2v) is 5.44. The van der Waals surface area contributed by atoms with Gasteiger partial charge in [0.25, 0.3) is 0 Å². The topological polar surface area (TPSA) is 79.8 Å². The molecule has 24 heavy (non-hydrogen) atoms. The SMILES string of the molecule is O=C(NCC1(OCCO)CCOC1)Nc1cccc(C(F)(F)F)c1. The summed E-state index contributed by atoms with van der Waals surface area (Å²) in [6.45, 7) is 0.829. The fraction of sp³-hybridized carbons (Fsp3) is 0.533. The number of carbonyl (C=O) groups excluding carboxylic acids is 1. The average molecular weight is 348 g/mol. The maximum atomic E-state index is 12.6. The third-order valence-electron chi connectivity index (χ3n) is 3.59. The minimum Gasteiger partial charge on any atom is -0.394 e. The summed E-state index contributed by atoms with van der Waals surface area (Å²) >= 11 is 0. The molecular weight excluding hydrogens is 329 g/mol. The number of ether oxygens (including phenoxy) is 2. The van der Waals surface area contributed by atoms with Gasteiger partial charge in [-0.1, -0.05) is 6.07 Å². The van der Waals surface area contributed by atoms with Gasteiger partial charge in [-0.2, -0.15) is 13.2 Å². The van der Waals surface area contributed by atoms with Crippen LogP contribution in [0.5, 0.6) is 0 Å². The zero-order valence-corrected chi connectivity index (χ0v) is 12.9. The predicted molar refractivity (Wildman–Crippen MR) is 79.7 cm³/mol. The Hall–Kier alpha value is -1.84. The molecule has 1 aromatic carbocycles. The van der Waals surface area contributed by atoms with E-state index in [1.54, 1.807) is 0 Å². The Labute approximate surface area is 136 Å². The Kier molecular flexibility index (Phi) is 6.03. The van der Waals surface area contributed by atoms with Crippen molar-refractivity contribution in [2.45, 2.75) is 18.2 Å². The lowest BCUT2D eigenvalue weighted by molar-refractivity contribution is -0.137. The Morgan fingerprint density at radius 3 is 2.83 bits per heavy atom. The summed E-state index contributed by atoms with van der Waals surface area (Å²) in [5.74, 6) is 0. The van der Waals surface area contributed by atoms with E-state index in [4.69, 9.17) is 14.6 Å². The number of benzene rings is 1. The number of urea groups is 1. The molecule has 2 amide bonds. The van der Waals surface area contributed by atoms with Gasteiger partial charge in [0.15, 0.2) is 0 Å². The molecule has 1 saturated heterocycles. The molecular formula is C15H19F3N2O4. The normalized spacial score (nSPS) is 20.8. The number of rotatable bonds is 6. The van der Waals surface area contributed by atoms with E-state index in [-0.39, 0.29) is 32.1 Å². The molecule has 1 aromatic rings. The number of halogens is 3. The first kappa shape index (κ1) is 18.5. The standard InChI is InChI=1S/C15H19F3N2O4/c16-15(17,18)11-2-1-3-12(8-11)20-13(22)19-9-14(24-7-5-21)4-6-23-10-14/h1-3,8,21H,4-7,9-10H2,(H2,19,20,22). The summed E-state index contributed by atoms with van der Waals surface area (Å²) < 4.78 is 48.7. The quantitative estimate of drug-likeness (QED) is 0.735. The molecule has 0 saturated carbocycles. The molecule has 1 aliphatic heterocycles. The van der Waals surface area contributed by atoms with E-state index < -0.39 is 23.4 Å². The fourth-order valence-corrected chi connectivity index (χ4v) is 2.34. The van der Waals surface area contributed by atoms with Gasteiger partial charge >= 0.3 is 12.2 Å². The van der Waals surface area contributed by atoms with E-state index >= 15 is 0 Å². The number of nitrogens with one attached hydrogen (secondary N) is 2. The van der Waals surface area contributed by atoms with Crippen molar-refractivity contribution >= 4 is 11.7 Å². The molecule has 0 radical (unpaired) electrons. The summed E-state index contributed by atoms with van der Waals surface area (Å²) in [7, 11) is 0. The molecule has 9 heteroatoms. The molecule has 3 N–H and O–H groups in total. The van der Waals surface area contributed by atoms with Crippen molar-refractivity contribution in [2.75, 3.05) is 38.3 Å². The minimum atomic E-state index is -4.47. The number of hydrogen-bond acceptors (Lipinski definition) is 4. The van der Waals surface area contributed by atoms with Crippen LogP contribution in [0.25, 0.3) is 0 Å². The van der Waals surface area contributed by atoms with Crippen LogP contribution < -0.4 is 10.6 Å². The third-order valence-corrected chi connectivity index (χ3v) is 3.59. The molecule has 0 bridgehead atoms. The molecule has 1 atom stereocenters. The van der Waals surface area contributed by atoms with Gasteiger partial charge in [-0.05, 0) is 18.2 Å². The van der Waals surface area contributed by atoms with Crippen molar-refractivity contribution in [1.82, 2.24) is 5.32 Å². The van der Waals surface area contributed by atoms with E-state index in [2.05, 4.69) is 10.6 Å². The third kappa shape index (κ3) is 5.08. The van der Waals surface area contributed by atoms with Crippen LogP contribution in [0.4, 0.5) is 23.7 Å². The van der Waals surface area contributed by atoms with Gasteiger partial charge in [-0.3, -0.25) is 0 Å². The van der Waals surface area contributed by atoms with Crippen LogP contribution in [0, 0.1) is 0 Å². The smallest absolute Gasteiger partial charge is 0.394 e. The number of anilines is 1. The number of aliphatic hydroxyl groups is 1. The molecule has 0 spiro atoms. The maximum Gasteiger partial charge on any atom is 0.416 e. The largest absolute Gasteiger partial charge is 0.416 e. The van der Waals surface area contributed by atoms with Gasteiger partial charge in [0.05, 0.1) is 31.9 Å². The van der Waals surface area contributed by atoms with Crippen LogP contribution in [0.1, 0.15) is 12.0 Å². The fourth-order valence-electron chi connectivity index (χ4n) is 2.34. The summed E-state index contributed by atoms with van der Waals surface area (Å²) in [6.07, 6.45) is -3.92. The first-order chi connectivity index (χ1) is 11.3. The predicted octanol–water partition coefficient (Wildman–Crippen LogP) is 1.99. The number of amides is 2. The lowest BCUT2D eigenvalue weighted by Gasteiger charge is -2.27. The van der Waals surface area contributed by atoms with Crippen molar-refractivity contribution in [2.24, 2.45) is 0 Å². The van der Waals surface area contributed by atoms with E-state index in [1.165, 1.54) is 12.1 Å². The first-order valence-corrected chi connectivity index (χ1v) is 7.39. The number of carbonyl (C=O) groups is 1. The van der Waals surface area contributed by atoms with E-state index in [0.29, 0.717) is 13.0 Å². The van der Waals surface area contributed by atoms with Crippen LogP contribution >= 0.6 is 0 Å². The molecule has 6 nitrogen and oxygen atoms in total. The van der Waals surface area contributed by atoms with Crippen LogP contribution in [0.3, 0.4) is 0 Å². The van der Waals surface area contributed by atoms with E-state index in [0.717, 1.165) is 12.1 Å². The second-order valence-electron chi connectivity index (χ2n) is 5.44. The Bertz CT molecular complexity index is 560. The van der Waals surface area contributed by atoms with Crippen molar-refractivity contribution in [3.05, 3.63) is 29.8 Å². The summed E-state index contributed by atoms with van der Waals surface area (Å²) in [5.41, 5.74) is -1.53. The molecule has 1 unspecified atom stereocenters. The average Bonchev–Trinajstić information content (AvgIpc) is 3.00. The number of hydrogen-bond donors (Lipinski definition) is 3. The molecule has 2 rings (SSSR count). The van der Waals surface area contributed by atoms with Crippen molar-refractivity contribution in [3.63, 3.8) is 0 Å².